The first-order valence-electron chi connectivity index (χ1n) is 8.21. The van der Waals surface area contributed by atoms with Gasteiger partial charge in [-0.1, -0.05) is 12.1 Å². The highest BCUT2D eigenvalue weighted by Crippen LogP contribution is 2.36. The van der Waals surface area contributed by atoms with Crippen molar-refractivity contribution >= 4 is 17.8 Å². The summed E-state index contributed by atoms with van der Waals surface area (Å²) in [5, 5.41) is 3.93. The molecular weight excluding hydrogens is 300 g/mol. The van der Waals surface area contributed by atoms with E-state index in [9.17, 15) is 4.79 Å². The van der Waals surface area contributed by atoms with Crippen LogP contribution in [0.2, 0.25) is 0 Å². The predicted octanol–water partition coefficient (Wildman–Crippen LogP) is 1.84. The van der Waals surface area contributed by atoms with Crippen LogP contribution in [0.4, 0.5) is 5.69 Å². The second-order valence-electron chi connectivity index (χ2n) is 6.37. The van der Waals surface area contributed by atoms with Gasteiger partial charge in [0.15, 0.2) is 0 Å². The maximum atomic E-state index is 11.0. The summed E-state index contributed by atoms with van der Waals surface area (Å²) >= 11 is 0. The van der Waals surface area contributed by atoms with Gasteiger partial charge in [-0.2, -0.15) is 0 Å². The standard InChI is InChI=1S/C19H20N4O/c1-12-9-16-11-23(19(15-5-6-15)22-18(16)21-12)17-7-3-14(4-8-17)10-20-13(2)24/h3-4,7-9,11H,5-6,10H2,1-2H3,(H,20,24)(H,21,22). The first-order chi connectivity index (χ1) is 11.6. The highest BCUT2D eigenvalue weighted by atomic mass is 16.1. The van der Waals surface area contributed by atoms with Gasteiger partial charge >= 0.3 is 0 Å². The molecule has 0 unspecified atom stereocenters. The minimum atomic E-state index is -0.0154. The fourth-order valence-electron chi connectivity index (χ4n) is 2.88. The number of aryl methyl sites for hydroxylation is 1. The number of hydrogen-bond acceptors (Lipinski definition) is 3. The van der Waals surface area contributed by atoms with Gasteiger partial charge in [-0.05, 0) is 49.1 Å². The number of hydrogen-bond donors (Lipinski definition) is 2. The molecule has 2 heterocycles. The van der Waals surface area contributed by atoms with Gasteiger partial charge in [0.05, 0.1) is 0 Å². The van der Waals surface area contributed by atoms with Crippen LogP contribution in [0, 0.1) is 6.92 Å². The number of fused-ring (bicyclic) bond motifs is 1. The number of allylic oxidation sites excluding steroid dienone is 1. The first-order valence-corrected chi connectivity index (χ1v) is 8.21. The van der Waals surface area contributed by atoms with Gasteiger partial charge in [-0.3, -0.25) is 4.79 Å². The summed E-state index contributed by atoms with van der Waals surface area (Å²) in [7, 11) is 0. The lowest BCUT2D eigenvalue weighted by Gasteiger charge is -2.23. The van der Waals surface area contributed by atoms with Crippen LogP contribution in [0.15, 0.2) is 46.7 Å². The summed E-state index contributed by atoms with van der Waals surface area (Å²) in [5.74, 6) is 1.03. The number of aromatic amines is 1. The molecular formula is C19H20N4O. The summed E-state index contributed by atoms with van der Waals surface area (Å²) in [6, 6.07) is 10.4. The fraction of sp³-hybridized carbons (Fsp3) is 0.263. The molecule has 1 fully saturated rings. The molecule has 0 saturated heterocycles. The Labute approximate surface area is 140 Å². The topological polar surface area (TPSA) is 60.5 Å². The molecule has 0 atom stereocenters. The van der Waals surface area contributed by atoms with Crippen LogP contribution in [0.1, 0.15) is 31.0 Å². The van der Waals surface area contributed by atoms with Crippen molar-refractivity contribution in [2.45, 2.75) is 33.2 Å². The minimum Gasteiger partial charge on any atom is -0.352 e. The first kappa shape index (κ1) is 14.8. The van der Waals surface area contributed by atoms with Crippen LogP contribution < -0.4 is 20.9 Å². The third-order valence-corrected chi connectivity index (χ3v) is 4.25. The Morgan fingerprint density at radius 1 is 1.29 bits per heavy atom. The van der Waals surface area contributed by atoms with Gasteiger partial charge < -0.3 is 15.2 Å². The van der Waals surface area contributed by atoms with E-state index in [-0.39, 0.29) is 5.91 Å². The number of nitrogens with zero attached hydrogens (tertiary/aromatic N) is 2. The molecule has 0 bridgehead atoms. The molecule has 2 aromatic rings. The zero-order chi connectivity index (χ0) is 16.7. The Hall–Kier alpha value is -2.82. The summed E-state index contributed by atoms with van der Waals surface area (Å²) in [6.45, 7) is 4.13. The number of nitrogens with one attached hydrogen (secondary N) is 2. The molecule has 1 aliphatic carbocycles. The van der Waals surface area contributed by atoms with Crippen LogP contribution in [-0.4, -0.2) is 10.9 Å². The van der Waals surface area contributed by atoms with Gasteiger partial charge in [0.1, 0.15) is 11.3 Å². The minimum absolute atomic E-state index is 0.0154. The van der Waals surface area contributed by atoms with Gasteiger partial charge in [-0.25, -0.2) is 4.99 Å². The molecule has 0 radical (unpaired) electrons. The third-order valence-electron chi connectivity index (χ3n) is 4.25. The lowest BCUT2D eigenvalue weighted by atomic mass is 10.2. The van der Waals surface area contributed by atoms with Gasteiger partial charge in [0.2, 0.25) is 5.91 Å². The van der Waals surface area contributed by atoms with E-state index in [1.54, 1.807) is 0 Å². The maximum absolute atomic E-state index is 11.0. The second kappa shape index (κ2) is 5.67. The lowest BCUT2D eigenvalue weighted by molar-refractivity contribution is -0.119. The molecule has 2 aliphatic rings. The SMILES string of the molecule is CC(=O)NCc1ccc(N2C=c3cc(C)[nH]c3=NC2=C2CC2)cc1. The number of rotatable bonds is 3. The molecule has 1 aromatic carbocycles. The van der Waals surface area contributed by atoms with Crippen molar-refractivity contribution in [2.75, 3.05) is 4.90 Å². The van der Waals surface area contributed by atoms with E-state index in [2.05, 4.69) is 39.6 Å². The Balaban J connectivity index is 1.68. The predicted molar refractivity (Wildman–Crippen MR) is 93.5 cm³/mol. The van der Waals surface area contributed by atoms with Crippen LogP contribution in [0.25, 0.3) is 6.20 Å². The van der Waals surface area contributed by atoms with Crippen molar-refractivity contribution in [2.24, 2.45) is 4.99 Å². The van der Waals surface area contributed by atoms with E-state index >= 15 is 0 Å². The molecule has 5 heteroatoms. The lowest BCUT2D eigenvalue weighted by Crippen LogP contribution is -2.33. The Morgan fingerprint density at radius 3 is 2.71 bits per heavy atom. The van der Waals surface area contributed by atoms with Crippen molar-refractivity contribution in [3.05, 3.63) is 63.7 Å². The van der Waals surface area contributed by atoms with Crippen LogP contribution >= 0.6 is 0 Å². The highest BCUT2D eigenvalue weighted by molar-refractivity contribution is 5.73. The van der Waals surface area contributed by atoms with Crippen molar-refractivity contribution in [3.63, 3.8) is 0 Å². The number of amides is 1. The monoisotopic (exact) mass is 320 g/mol. The average molecular weight is 320 g/mol. The number of H-pyrrole nitrogens is 1. The summed E-state index contributed by atoms with van der Waals surface area (Å²) < 4.78 is 0. The van der Waals surface area contributed by atoms with Crippen LogP contribution in [0.3, 0.4) is 0 Å². The molecule has 2 N–H and O–H groups in total. The summed E-state index contributed by atoms with van der Waals surface area (Å²) in [4.78, 5) is 21.3. The van der Waals surface area contributed by atoms with Crippen molar-refractivity contribution < 1.29 is 4.79 Å². The summed E-state index contributed by atoms with van der Waals surface area (Å²) in [5.41, 5.74) is 5.63. The van der Waals surface area contributed by atoms with Crippen LogP contribution in [0.5, 0.6) is 0 Å². The van der Waals surface area contributed by atoms with E-state index in [0.29, 0.717) is 6.54 Å². The highest BCUT2D eigenvalue weighted by Gasteiger charge is 2.24. The quantitative estimate of drug-likeness (QED) is 0.906. The molecule has 1 saturated carbocycles. The molecule has 4 rings (SSSR count). The Morgan fingerprint density at radius 2 is 2.04 bits per heavy atom. The zero-order valence-corrected chi connectivity index (χ0v) is 13.9. The average Bonchev–Trinajstić information content (AvgIpc) is 3.34. The number of carbonyl (C=O) groups is 1. The normalized spacial score (nSPS) is 15.5. The van der Waals surface area contributed by atoms with E-state index in [1.807, 2.05) is 19.1 Å². The zero-order valence-electron chi connectivity index (χ0n) is 13.9. The molecule has 1 aromatic heterocycles. The maximum Gasteiger partial charge on any atom is 0.217 e. The van der Waals surface area contributed by atoms with E-state index < -0.39 is 0 Å². The van der Waals surface area contributed by atoms with Crippen molar-refractivity contribution in [1.82, 2.24) is 10.3 Å². The van der Waals surface area contributed by atoms with Crippen molar-refractivity contribution in [1.29, 1.82) is 0 Å². The van der Waals surface area contributed by atoms with Gasteiger partial charge in [0.25, 0.3) is 0 Å². The Bertz CT molecular complexity index is 944. The van der Waals surface area contributed by atoms with E-state index in [4.69, 9.17) is 4.99 Å². The Kier molecular flexibility index (Phi) is 3.49. The van der Waals surface area contributed by atoms with Crippen LogP contribution in [-0.2, 0) is 11.3 Å². The van der Waals surface area contributed by atoms with Crippen molar-refractivity contribution in [3.8, 4) is 0 Å². The number of benzene rings is 1. The second-order valence-corrected chi connectivity index (χ2v) is 6.37. The number of carbonyl (C=O) groups excluding carboxylic acids is 1. The van der Waals surface area contributed by atoms with Gasteiger partial charge in [-0.15, -0.1) is 0 Å². The molecule has 5 nitrogen and oxygen atoms in total. The fourth-order valence-corrected chi connectivity index (χ4v) is 2.88. The van der Waals surface area contributed by atoms with Gasteiger partial charge in [0, 0.05) is 36.3 Å². The molecule has 1 aliphatic heterocycles. The smallest absolute Gasteiger partial charge is 0.217 e. The number of anilines is 1. The van der Waals surface area contributed by atoms with E-state index in [0.717, 1.165) is 46.3 Å². The number of aromatic nitrogens is 1. The summed E-state index contributed by atoms with van der Waals surface area (Å²) in [6.07, 6.45) is 4.40. The van der Waals surface area contributed by atoms with E-state index in [1.165, 1.54) is 12.5 Å². The third kappa shape index (κ3) is 2.85. The molecule has 0 spiro atoms. The molecule has 1 amide bonds. The molecule has 24 heavy (non-hydrogen) atoms. The molecule has 122 valence electrons. The largest absolute Gasteiger partial charge is 0.352 e.